The number of fused-ring (bicyclic) bond motifs is 1. The van der Waals surface area contributed by atoms with Crippen LogP contribution in [0.4, 0.5) is 0 Å². The third-order valence-corrected chi connectivity index (χ3v) is 5.22. The van der Waals surface area contributed by atoms with Crippen molar-refractivity contribution < 1.29 is 4.74 Å². The summed E-state index contributed by atoms with van der Waals surface area (Å²) in [4.78, 5) is 32.9. The van der Waals surface area contributed by atoms with Gasteiger partial charge in [0, 0.05) is 22.8 Å². The summed E-state index contributed by atoms with van der Waals surface area (Å²) in [6.45, 7) is 4.56. The number of nitrogens with zero attached hydrogens (tertiary/aromatic N) is 2. The lowest BCUT2D eigenvalue weighted by Crippen LogP contribution is -2.35. The molecule has 6 nitrogen and oxygen atoms in total. The van der Waals surface area contributed by atoms with Crippen molar-refractivity contribution in [1.82, 2.24) is 14.5 Å². The molecule has 3 aromatic heterocycles. The largest absolute Gasteiger partial charge is 0.489 e. The normalized spacial score (nSPS) is 10.9. The maximum Gasteiger partial charge on any atom is 0.329 e. The molecule has 0 spiro atoms. The van der Waals surface area contributed by atoms with Crippen molar-refractivity contribution in [3.05, 3.63) is 104 Å². The Kier molecular flexibility index (Phi) is 4.90. The molecule has 0 aliphatic rings. The second-order valence-electron chi connectivity index (χ2n) is 6.23. The Morgan fingerprint density at radius 2 is 2.00 bits per heavy atom. The van der Waals surface area contributed by atoms with Crippen LogP contribution in [0.15, 0.2) is 76.4 Å². The SMILES string of the molecule is C=C(OCc1ccncc1)c1ccc2[nH]c(=O)n(Cc3cccs3)c(=O)c2c1. The third kappa shape index (κ3) is 3.65. The van der Waals surface area contributed by atoms with E-state index in [-0.39, 0.29) is 12.1 Å². The van der Waals surface area contributed by atoms with Crippen molar-refractivity contribution in [2.45, 2.75) is 13.2 Å². The van der Waals surface area contributed by atoms with E-state index in [1.165, 1.54) is 15.9 Å². The molecule has 0 unspecified atom stereocenters. The van der Waals surface area contributed by atoms with Crippen LogP contribution in [-0.4, -0.2) is 14.5 Å². The Morgan fingerprint density at radius 3 is 2.75 bits per heavy atom. The van der Waals surface area contributed by atoms with Gasteiger partial charge in [-0.2, -0.15) is 0 Å². The van der Waals surface area contributed by atoms with E-state index in [2.05, 4.69) is 16.5 Å². The molecule has 0 aliphatic carbocycles. The molecule has 0 amide bonds. The van der Waals surface area contributed by atoms with Crippen LogP contribution in [0.1, 0.15) is 16.0 Å². The van der Waals surface area contributed by atoms with E-state index in [1.54, 1.807) is 30.6 Å². The van der Waals surface area contributed by atoms with Crippen molar-refractivity contribution in [3.63, 3.8) is 0 Å². The van der Waals surface area contributed by atoms with Crippen LogP contribution in [0, 0.1) is 0 Å². The van der Waals surface area contributed by atoms with Gasteiger partial charge in [-0.1, -0.05) is 12.6 Å². The van der Waals surface area contributed by atoms with Crippen LogP contribution in [-0.2, 0) is 17.9 Å². The molecule has 0 fully saturated rings. The van der Waals surface area contributed by atoms with E-state index >= 15 is 0 Å². The number of rotatable bonds is 6. The number of pyridine rings is 1. The zero-order chi connectivity index (χ0) is 19.5. The third-order valence-electron chi connectivity index (χ3n) is 4.36. The van der Waals surface area contributed by atoms with Gasteiger partial charge < -0.3 is 9.72 Å². The first kappa shape index (κ1) is 17.9. The van der Waals surface area contributed by atoms with Gasteiger partial charge in [0.05, 0.1) is 17.4 Å². The standard InChI is InChI=1S/C21H17N3O3S/c1-14(27-13-15-6-8-22-9-7-15)16-4-5-19-18(11-16)20(25)24(21(26)23-19)12-17-3-2-10-28-17/h2-11H,1,12-13H2,(H,23,26). The molecule has 3 heterocycles. The molecule has 0 radical (unpaired) electrons. The van der Waals surface area contributed by atoms with Gasteiger partial charge in [-0.25, -0.2) is 4.79 Å². The first-order valence-electron chi connectivity index (χ1n) is 8.62. The predicted octanol–water partition coefficient (Wildman–Crippen LogP) is 3.38. The van der Waals surface area contributed by atoms with Crippen molar-refractivity contribution in [3.8, 4) is 0 Å². The van der Waals surface area contributed by atoms with Crippen molar-refractivity contribution in [1.29, 1.82) is 0 Å². The van der Waals surface area contributed by atoms with E-state index in [0.717, 1.165) is 10.4 Å². The van der Waals surface area contributed by atoms with Gasteiger partial charge in [-0.15, -0.1) is 11.3 Å². The van der Waals surface area contributed by atoms with E-state index in [1.807, 2.05) is 29.6 Å². The number of thiophene rings is 1. The lowest BCUT2D eigenvalue weighted by atomic mass is 10.1. The van der Waals surface area contributed by atoms with Crippen LogP contribution in [0.5, 0.6) is 0 Å². The van der Waals surface area contributed by atoms with Crippen LogP contribution in [0.25, 0.3) is 16.7 Å². The summed E-state index contributed by atoms with van der Waals surface area (Å²) in [5.41, 5.74) is 1.39. The average Bonchev–Trinajstić information content (AvgIpc) is 3.23. The minimum Gasteiger partial charge on any atom is -0.489 e. The minimum atomic E-state index is -0.425. The lowest BCUT2D eigenvalue weighted by Gasteiger charge is -2.11. The van der Waals surface area contributed by atoms with Gasteiger partial charge in [-0.05, 0) is 47.3 Å². The van der Waals surface area contributed by atoms with Gasteiger partial charge >= 0.3 is 5.69 Å². The molecule has 28 heavy (non-hydrogen) atoms. The van der Waals surface area contributed by atoms with Crippen molar-refractivity contribution in [2.75, 3.05) is 0 Å². The van der Waals surface area contributed by atoms with Gasteiger partial charge in [0.15, 0.2) is 0 Å². The average molecular weight is 391 g/mol. The van der Waals surface area contributed by atoms with Gasteiger partial charge in [0.25, 0.3) is 5.56 Å². The van der Waals surface area contributed by atoms with E-state index in [0.29, 0.717) is 28.8 Å². The van der Waals surface area contributed by atoms with Gasteiger partial charge in [-0.3, -0.25) is 14.3 Å². The van der Waals surface area contributed by atoms with Crippen LogP contribution < -0.4 is 11.2 Å². The Morgan fingerprint density at radius 1 is 1.18 bits per heavy atom. The second-order valence-corrected chi connectivity index (χ2v) is 7.26. The predicted molar refractivity (Wildman–Crippen MR) is 110 cm³/mol. The first-order chi connectivity index (χ1) is 13.6. The Labute approximate surface area is 164 Å². The molecule has 0 aliphatic heterocycles. The van der Waals surface area contributed by atoms with Crippen molar-refractivity contribution in [2.24, 2.45) is 0 Å². The molecule has 0 saturated heterocycles. The molecule has 4 rings (SSSR count). The number of aromatic nitrogens is 3. The fourth-order valence-corrected chi connectivity index (χ4v) is 3.55. The number of nitrogens with one attached hydrogen (secondary N) is 1. The summed E-state index contributed by atoms with van der Waals surface area (Å²) < 4.78 is 6.95. The molecule has 140 valence electrons. The number of hydrogen-bond acceptors (Lipinski definition) is 5. The van der Waals surface area contributed by atoms with Gasteiger partial charge in [0.1, 0.15) is 12.4 Å². The molecule has 0 bridgehead atoms. The maximum absolute atomic E-state index is 12.9. The topological polar surface area (TPSA) is 77.0 Å². The quantitative estimate of drug-likeness (QED) is 0.511. The monoisotopic (exact) mass is 391 g/mol. The summed E-state index contributed by atoms with van der Waals surface area (Å²) >= 11 is 1.50. The lowest BCUT2D eigenvalue weighted by molar-refractivity contribution is 0.265. The fraction of sp³-hybridized carbons (Fsp3) is 0.0952. The highest BCUT2D eigenvalue weighted by atomic mass is 32.1. The summed E-state index contributed by atoms with van der Waals surface area (Å²) in [6.07, 6.45) is 3.40. The summed E-state index contributed by atoms with van der Waals surface area (Å²) in [5.74, 6) is 0.453. The highest BCUT2D eigenvalue weighted by Crippen LogP contribution is 2.19. The summed E-state index contributed by atoms with van der Waals surface area (Å²) in [6, 6.07) is 12.7. The van der Waals surface area contributed by atoms with E-state index in [4.69, 9.17) is 4.74 Å². The maximum atomic E-state index is 12.9. The highest BCUT2D eigenvalue weighted by molar-refractivity contribution is 7.09. The van der Waals surface area contributed by atoms with Crippen molar-refractivity contribution >= 4 is 28.0 Å². The Hall–Kier alpha value is -3.45. The zero-order valence-corrected chi connectivity index (χ0v) is 15.7. The Bertz CT molecular complexity index is 1240. The molecular weight excluding hydrogens is 374 g/mol. The molecule has 1 aromatic carbocycles. The molecule has 0 saturated carbocycles. The highest BCUT2D eigenvalue weighted by Gasteiger charge is 2.11. The molecule has 0 atom stereocenters. The minimum absolute atomic E-state index is 0.242. The number of benzene rings is 1. The van der Waals surface area contributed by atoms with Crippen LogP contribution in [0.3, 0.4) is 0 Å². The zero-order valence-electron chi connectivity index (χ0n) is 14.9. The van der Waals surface area contributed by atoms with E-state index in [9.17, 15) is 9.59 Å². The molecule has 1 N–H and O–H groups in total. The number of hydrogen-bond donors (Lipinski definition) is 1. The number of aromatic amines is 1. The first-order valence-corrected chi connectivity index (χ1v) is 9.50. The summed E-state index contributed by atoms with van der Waals surface area (Å²) in [5, 5.41) is 2.33. The fourth-order valence-electron chi connectivity index (χ4n) is 2.86. The van der Waals surface area contributed by atoms with Gasteiger partial charge in [0.2, 0.25) is 0 Å². The molecular formula is C21H17N3O3S. The summed E-state index contributed by atoms with van der Waals surface area (Å²) in [7, 11) is 0. The number of H-pyrrole nitrogens is 1. The molecule has 7 heteroatoms. The number of ether oxygens (including phenoxy) is 1. The van der Waals surface area contributed by atoms with Crippen LogP contribution >= 0.6 is 11.3 Å². The second kappa shape index (κ2) is 7.66. The van der Waals surface area contributed by atoms with Crippen LogP contribution in [0.2, 0.25) is 0 Å². The molecule has 4 aromatic rings. The van der Waals surface area contributed by atoms with E-state index < -0.39 is 5.69 Å². The smallest absolute Gasteiger partial charge is 0.329 e. The Balaban J connectivity index is 1.65.